The molecule has 1 fully saturated rings. The Hall–Kier alpha value is -2.75. The Kier molecular flexibility index (Phi) is 6.86. The fourth-order valence-corrected chi connectivity index (χ4v) is 4.03. The number of thioether (sulfide) groups is 1. The third kappa shape index (κ3) is 6.38. The molecule has 30 heavy (non-hydrogen) atoms. The van der Waals surface area contributed by atoms with Crippen LogP contribution in [0, 0.1) is 5.82 Å². The lowest BCUT2D eigenvalue weighted by molar-refractivity contribution is -0.274. The molecule has 0 spiro atoms. The Balaban J connectivity index is 1.46. The molecule has 2 atom stereocenters. The number of amides is 2. The minimum absolute atomic E-state index is 0.0984. The summed E-state index contributed by atoms with van der Waals surface area (Å²) in [5, 5.41) is 4.96. The van der Waals surface area contributed by atoms with Crippen molar-refractivity contribution in [2.24, 2.45) is 0 Å². The van der Waals surface area contributed by atoms with Gasteiger partial charge in [0.1, 0.15) is 17.6 Å². The average Bonchev–Trinajstić information content (AvgIpc) is 2.69. The van der Waals surface area contributed by atoms with Crippen LogP contribution in [0.2, 0.25) is 0 Å². The van der Waals surface area contributed by atoms with E-state index in [1.807, 2.05) is 0 Å². The summed E-state index contributed by atoms with van der Waals surface area (Å²) in [6, 6.07) is 10.3. The van der Waals surface area contributed by atoms with Crippen LogP contribution in [0.1, 0.15) is 11.1 Å². The minimum atomic E-state index is -4.76. The number of hydrogen-bond donors (Lipinski definition) is 2. The van der Waals surface area contributed by atoms with Gasteiger partial charge in [-0.3, -0.25) is 9.59 Å². The van der Waals surface area contributed by atoms with Crippen molar-refractivity contribution >= 4 is 23.6 Å². The van der Waals surface area contributed by atoms with Crippen molar-refractivity contribution in [3.63, 3.8) is 0 Å². The normalized spacial score (nSPS) is 19.1. The second-order valence-electron chi connectivity index (χ2n) is 6.62. The average molecular weight is 442 g/mol. The zero-order valence-electron chi connectivity index (χ0n) is 15.5. The topological polar surface area (TPSA) is 67.4 Å². The molecule has 5 nitrogen and oxygen atoms in total. The van der Waals surface area contributed by atoms with Crippen LogP contribution in [-0.2, 0) is 22.6 Å². The van der Waals surface area contributed by atoms with Crippen LogP contribution < -0.4 is 15.4 Å². The summed E-state index contributed by atoms with van der Waals surface area (Å²) < 4.78 is 53.3. The maximum atomic E-state index is 13.0. The van der Waals surface area contributed by atoms with Gasteiger partial charge in [-0.05, 0) is 41.8 Å². The van der Waals surface area contributed by atoms with Crippen molar-refractivity contribution in [2.45, 2.75) is 30.6 Å². The number of rotatable bonds is 6. The van der Waals surface area contributed by atoms with Gasteiger partial charge >= 0.3 is 6.36 Å². The molecule has 0 aromatic heterocycles. The lowest BCUT2D eigenvalue weighted by Gasteiger charge is -2.28. The summed E-state index contributed by atoms with van der Waals surface area (Å²) in [5.74, 6) is -0.975. The van der Waals surface area contributed by atoms with Crippen molar-refractivity contribution in [1.29, 1.82) is 0 Å². The number of carbonyl (C=O) groups is 2. The maximum absolute atomic E-state index is 13.0. The molecular weight excluding hydrogens is 424 g/mol. The quantitative estimate of drug-likeness (QED) is 0.675. The SMILES string of the molecule is O=C(NCc1ccc(OC(F)(F)F)cc1)C1CSC(Cc2ccc(F)cc2)C(=O)N1. The van der Waals surface area contributed by atoms with E-state index < -0.39 is 12.4 Å². The molecule has 1 heterocycles. The number of ether oxygens (including phenoxy) is 1. The van der Waals surface area contributed by atoms with E-state index in [2.05, 4.69) is 15.4 Å². The molecule has 2 unspecified atom stereocenters. The summed E-state index contributed by atoms with van der Waals surface area (Å²) in [6.07, 6.45) is -4.33. The van der Waals surface area contributed by atoms with E-state index in [0.717, 1.165) is 17.7 Å². The van der Waals surface area contributed by atoms with Gasteiger partial charge in [0.15, 0.2) is 0 Å². The van der Waals surface area contributed by atoms with Gasteiger partial charge in [-0.15, -0.1) is 24.9 Å². The van der Waals surface area contributed by atoms with Crippen molar-refractivity contribution in [1.82, 2.24) is 10.6 Å². The molecular formula is C20H18F4N2O3S. The van der Waals surface area contributed by atoms with Gasteiger partial charge in [0.05, 0.1) is 5.25 Å². The molecule has 3 rings (SSSR count). The van der Waals surface area contributed by atoms with Crippen molar-refractivity contribution in [2.75, 3.05) is 5.75 Å². The first-order valence-corrected chi connectivity index (χ1v) is 10.0. The number of nitrogens with one attached hydrogen (secondary N) is 2. The highest BCUT2D eigenvalue weighted by Gasteiger charge is 2.32. The van der Waals surface area contributed by atoms with Gasteiger partial charge in [-0.1, -0.05) is 24.3 Å². The van der Waals surface area contributed by atoms with Gasteiger partial charge in [0.25, 0.3) is 0 Å². The fraction of sp³-hybridized carbons (Fsp3) is 0.300. The summed E-state index contributed by atoms with van der Waals surface area (Å²) in [7, 11) is 0. The number of halogens is 4. The highest BCUT2D eigenvalue weighted by Crippen LogP contribution is 2.24. The van der Waals surface area contributed by atoms with Crippen LogP contribution in [0.15, 0.2) is 48.5 Å². The number of benzene rings is 2. The van der Waals surface area contributed by atoms with Gasteiger partial charge in [0, 0.05) is 12.3 Å². The van der Waals surface area contributed by atoms with E-state index in [1.54, 1.807) is 12.1 Å². The summed E-state index contributed by atoms with van der Waals surface area (Å²) in [6.45, 7) is 0.0984. The largest absolute Gasteiger partial charge is 0.573 e. The molecule has 1 aliphatic heterocycles. The molecule has 2 aromatic carbocycles. The van der Waals surface area contributed by atoms with Crippen LogP contribution in [0.5, 0.6) is 5.75 Å². The van der Waals surface area contributed by atoms with E-state index in [-0.39, 0.29) is 35.2 Å². The molecule has 1 saturated heterocycles. The molecule has 0 saturated carbocycles. The first-order valence-electron chi connectivity index (χ1n) is 8.98. The van der Waals surface area contributed by atoms with E-state index in [9.17, 15) is 27.2 Å². The summed E-state index contributed by atoms with van der Waals surface area (Å²) in [5.41, 5.74) is 1.41. The second-order valence-corrected chi connectivity index (χ2v) is 7.86. The third-order valence-electron chi connectivity index (χ3n) is 4.35. The highest BCUT2D eigenvalue weighted by atomic mass is 32.2. The molecule has 160 valence electrons. The van der Waals surface area contributed by atoms with E-state index in [1.165, 1.54) is 36.0 Å². The smallest absolute Gasteiger partial charge is 0.406 e. The van der Waals surface area contributed by atoms with Crippen molar-refractivity contribution in [3.05, 3.63) is 65.5 Å². The predicted molar refractivity (Wildman–Crippen MR) is 103 cm³/mol. The molecule has 0 bridgehead atoms. The van der Waals surface area contributed by atoms with Crippen LogP contribution in [0.25, 0.3) is 0 Å². The zero-order chi connectivity index (χ0) is 21.7. The Morgan fingerprint density at radius 2 is 1.73 bits per heavy atom. The van der Waals surface area contributed by atoms with Crippen LogP contribution in [0.4, 0.5) is 17.6 Å². The van der Waals surface area contributed by atoms with E-state index >= 15 is 0 Å². The molecule has 2 aromatic rings. The highest BCUT2D eigenvalue weighted by molar-refractivity contribution is 8.00. The van der Waals surface area contributed by atoms with Crippen LogP contribution in [0.3, 0.4) is 0 Å². The number of carbonyl (C=O) groups excluding carboxylic acids is 2. The van der Waals surface area contributed by atoms with Crippen LogP contribution in [-0.4, -0.2) is 35.2 Å². The molecule has 10 heteroatoms. The van der Waals surface area contributed by atoms with Gasteiger partial charge < -0.3 is 15.4 Å². The second kappa shape index (κ2) is 9.38. The Morgan fingerprint density at radius 1 is 1.10 bits per heavy atom. The lowest BCUT2D eigenvalue weighted by Crippen LogP contribution is -2.54. The molecule has 0 aliphatic carbocycles. The molecule has 0 radical (unpaired) electrons. The molecule has 1 aliphatic rings. The Bertz CT molecular complexity index is 888. The lowest BCUT2D eigenvalue weighted by atomic mass is 10.1. The fourth-order valence-electron chi connectivity index (χ4n) is 2.84. The maximum Gasteiger partial charge on any atom is 0.573 e. The summed E-state index contributed by atoms with van der Waals surface area (Å²) >= 11 is 1.35. The number of alkyl halides is 3. The summed E-state index contributed by atoms with van der Waals surface area (Å²) in [4.78, 5) is 24.6. The first-order chi connectivity index (χ1) is 14.2. The monoisotopic (exact) mass is 442 g/mol. The van der Waals surface area contributed by atoms with Gasteiger partial charge in [0.2, 0.25) is 11.8 Å². The zero-order valence-corrected chi connectivity index (χ0v) is 16.4. The van der Waals surface area contributed by atoms with Crippen molar-refractivity contribution < 1.29 is 31.9 Å². The number of hydrogen-bond acceptors (Lipinski definition) is 4. The van der Waals surface area contributed by atoms with Crippen molar-refractivity contribution in [3.8, 4) is 5.75 Å². The molecule has 2 N–H and O–H groups in total. The van der Waals surface area contributed by atoms with E-state index in [4.69, 9.17) is 0 Å². The molecule has 2 amide bonds. The first kappa shape index (κ1) is 21.9. The Morgan fingerprint density at radius 3 is 2.33 bits per heavy atom. The van der Waals surface area contributed by atoms with Gasteiger partial charge in [-0.25, -0.2) is 4.39 Å². The standard InChI is InChI=1S/C20H18F4N2O3S/c21-14-5-1-12(2-6-14)9-17-19(28)26-16(11-30-17)18(27)25-10-13-3-7-15(8-4-13)29-20(22,23)24/h1-8,16-17H,9-11H2,(H,25,27)(H,26,28). The van der Waals surface area contributed by atoms with E-state index in [0.29, 0.717) is 17.7 Å². The third-order valence-corrected chi connectivity index (χ3v) is 5.66. The van der Waals surface area contributed by atoms with Gasteiger partial charge in [-0.2, -0.15) is 0 Å². The van der Waals surface area contributed by atoms with Crippen LogP contribution >= 0.6 is 11.8 Å². The predicted octanol–water partition coefficient (Wildman–Crippen LogP) is 3.18. The Labute approximate surface area is 174 Å². The minimum Gasteiger partial charge on any atom is -0.406 e.